The summed E-state index contributed by atoms with van der Waals surface area (Å²) in [7, 11) is 0. The molecule has 18 heavy (non-hydrogen) atoms. The molecule has 1 aromatic rings. The third-order valence-electron chi connectivity index (χ3n) is 2.32. The van der Waals surface area contributed by atoms with Gasteiger partial charge in [0, 0.05) is 6.54 Å². The first-order chi connectivity index (χ1) is 8.54. The Morgan fingerprint density at radius 2 is 2.17 bits per heavy atom. The molecule has 0 radical (unpaired) electrons. The van der Waals surface area contributed by atoms with Gasteiger partial charge in [0.05, 0.1) is 11.8 Å². The molecule has 0 fully saturated rings. The summed E-state index contributed by atoms with van der Waals surface area (Å²) in [6, 6.07) is 2.82. The van der Waals surface area contributed by atoms with Crippen LogP contribution in [0.1, 0.15) is 19.8 Å². The summed E-state index contributed by atoms with van der Waals surface area (Å²) in [5.74, 6) is -2.14. The van der Waals surface area contributed by atoms with Gasteiger partial charge in [-0.05, 0) is 18.6 Å². The van der Waals surface area contributed by atoms with Crippen molar-refractivity contribution in [1.29, 1.82) is 0 Å². The molecule has 2 amide bonds. The van der Waals surface area contributed by atoms with Gasteiger partial charge in [-0.1, -0.05) is 19.4 Å². The lowest BCUT2D eigenvalue weighted by molar-refractivity contribution is 0.162. The zero-order valence-corrected chi connectivity index (χ0v) is 10.0. The summed E-state index contributed by atoms with van der Waals surface area (Å²) in [6.45, 7) is 1.97. The van der Waals surface area contributed by atoms with Gasteiger partial charge in [-0.15, -0.1) is 0 Å². The highest BCUT2D eigenvalue weighted by molar-refractivity contribution is 5.89. The van der Waals surface area contributed by atoms with Crippen LogP contribution in [0.4, 0.5) is 19.3 Å². The van der Waals surface area contributed by atoms with Gasteiger partial charge in [0.15, 0.2) is 11.6 Å². The van der Waals surface area contributed by atoms with Crippen LogP contribution in [0.25, 0.3) is 0 Å². The molecule has 6 heteroatoms. The number of hydrogen-bond acceptors (Lipinski definition) is 2. The molecule has 4 nitrogen and oxygen atoms in total. The van der Waals surface area contributed by atoms with Crippen LogP contribution in [0.2, 0.25) is 0 Å². The molecule has 0 saturated carbocycles. The Morgan fingerprint density at radius 1 is 1.44 bits per heavy atom. The van der Waals surface area contributed by atoms with Crippen LogP contribution in [0.5, 0.6) is 0 Å². The van der Waals surface area contributed by atoms with E-state index in [0.717, 1.165) is 12.5 Å². The van der Waals surface area contributed by atoms with Gasteiger partial charge in [-0.3, -0.25) is 0 Å². The fraction of sp³-hybridized carbons (Fsp3) is 0.417. The van der Waals surface area contributed by atoms with E-state index in [1.165, 1.54) is 12.1 Å². The molecule has 0 heterocycles. The summed E-state index contributed by atoms with van der Waals surface area (Å²) in [5, 5.41) is 13.9. The van der Waals surface area contributed by atoms with Gasteiger partial charge in [0.2, 0.25) is 0 Å². The number of aliphatic hydroxyl groups excluding tert-OH is 1. The standard InChI is InChI=1S/C12H16F2N2O2/c1-2-4-8(17)7-15-12(18)16-10-6-3-5-9(13)11(10)14/h3,5-6,8,17H,2,4,7H2,1H3,(H2,15,16,18). The van der Waals surface area contributed by atoms with Crippen LogP contribution in [-0.2, 0) is 0 Å². The molecule has 0 aliphatic heterocycles. The zero-order valence-electron chi connectivity index (χ0n) is 10.0. The first-order valence-electron chi connectivity index (χ1n) is 5.71. The molecule has 0 saturated heterocycles. The molecule has 1 rings (SSSR count). The van der Waals surface area contributed by atoms with Crippen molar-refractivity contribution in [2.75, 3.05) is 11.9 Å². The van der Waals surface area contributed by atoms with Crippen LogP contribution in [0, 0.1) is 11.6 Å². The summed E-state index contributed by atoms with van der Waals surface area (Å²) < 4.78 is 26.1. The molecule has 100 valence electrons. The van der Waals surface area contributed by atoms with Crippen LogP contribution < -0.4 is 10.6 Å². The molecule has 0 bridgehead atoms. The van der Waals surface area contributed by atoms with Crippen molar-refractivity contribution in [3.8, 4) is 0 Å². The topological polar surface area (TPSA) is 61.4 Å². The highest BCUT2D eigenvalue weighted by atomic mass is 19.2. The van der Waals surface area contributed by atoms with Gasteiger partial charge in [-0.2, -0.15) is 0 Å². The highest BCUT2D eigenvalue weighted by Crippen LogP contribution is 2.16. The zero-order chi connectivity index (χ0) is 13.5. The van der Waals surface area contributed by atoms with E-state index in [2.05, 4.69) is 10.6 Å². The van der Waals surface area contributed by atoms with E-state index in [1.54, 1.807) is 0 Å². The number of aliphatic hydroxyl groups is 1. The average Bonchev–Trinajstić information content (AvgIpc) is 2.33. The Hall–Kier alpha value is -1.69. The number of rotatable bonds is 5. The second-order valence-electron chi connectivity index (χ2n) is 3.88. The molecule has 0 spiro atoms. The van der Waals surface area contributed by atoms with E-state index in [0.29, 0.717) is 6.42 Å². The lowest BCUT2D eigenvalue weighted by Gasteiger charge is -2.12. The fourth-order valence-electron chi connectivity index (χ4n) is 1.41. The first-order valence-corrected chi connectivity index (χ1v) is 5.71. The van der Waals surface area contributed by atoms with Crippen molar-refractivity contribution in [1.82, 2.24) is 5.32 Å². The summed E-state index contributed by atoms with van der Waals surface area (Å²) in [6.07, 6.45) is 0.718. The SMILES string of the molecule is CCCC(O)CNC(=O)Nc1cccc(F)c1F. The molecule has 1 atom stereocenters. The smallest absolute Gasteiger partial charge is 0.319 e. The maximum absolute atomic E-state index is 13.2. The van der Waals surface area contributed by atoms with E-state index < -0.39 is 23.8 Å². The molecule has 0 aliphatic carbocycles. The van der Waals surface area contributed by atoms with Crippen molar-refractivity contribution < 1.29 is 18.7 Å². The lowest BCUT2D eigenvalue weighted by atomic mass is 10.2. The van der Waals surface area contributed by atoms with Crippen molar-refractivity contribution in [3.63, 3.8) is 0 Å². The minimum Gasteiger partial charge on any atom is -0.391 e. The maximum atomic E-state index is 13.2. The number of anilines is 1. The second-order valence-corrected chi connectivity index (χ2v) is 3.88. The number of benzene rings is 1. The number of halogens is 2. The van der Waals surface area contributed by atoms with Crippen LogP contribution in [-0.4, -0.2) is 23.8 Å². The van der Waals surface area contributed by atoms with E-state index in [9.17, 15) is 18.7 Å². The fourth-order valence-corrected chi connectivity index (χ4v) is 1.41. The second kappa shape index (κ2) is 6.90. The Balaban J connectivity index is 2.47. The largest absolute Gasteiger partial charge is 0.391 e. The number of urea groups is 1. The summed E-state index contributed by atoms with van der Waals surface area (Å²) in [5.41, 5.74) is -0.238. The molecule has 3 N–H and O–H groups in total. The molecule has 0 aromatic heterocycles. The van der Waals surface area contributed by atoms with Crippen molar-refractivity contribution in [2.45, 2.75) is 25.9 Å². The van der Waals surface area contributed by atoms with E-state index >= 15 is 0 Å². The monoisotopic (exact) mass is 258 g/mol. The van der Waals surface area contributed by atoms with Crippen molar-refractivity contribution >= 4 is 11.7 Å². The van der Waals surface area contributed by atoms with Gasteiger partial charge in [-0.25, -0.2) is 13.6 Å². The van der Waals surface area contributed by atoms with Crippen LogP contribution in [0.15, 0.2) is 18.2 Å². The van der Waals surface area contributed by atoms with Crippen LogP contribution >= 0.6 is 0 Å². The molecule has 0 aliphatic rings. The lowest BCUT2D eigenvalue weighted by Crippen LogP contribution is -2.35. The first kappa shape index (κ1) is 14.4. The Labute approximate surface area is 104 Å². The Morgan fingerprint density at radius 3 is 2.83 bits per heavy atom. The summed E-state index contributed by atoms with van der Waals surface area (Å²) >= 11 is 0. The number of carbonyl (C=O) groups excluding carboxylic acids is 1. The number of amides is 2. The van der Waals surface area contributed by atoms with Gasteiger partial charge in [0.25, 0.3) is 0 Å². The van der Waals surface area contributed by atoms with Gasteiger partial charge < -0.3 is 15.7 Å². The highest BCUT2D eigenvalue weighted by Gasteiger charge is 2.11. The minimum absolute atomic E-state index is 0.0661. The van der Waals surface area contributed by atoms with Crippen LogP contribution in [0.3, 0.4) is 0 Å². The van der Waals surface area contributed by atoms with Gasteiger partial charge in [0.1, 0.15) is 0 Å². The third kappa shape index (κ3) is 4.29. The predicted molar refractivity (Wildman–Crippen MR) is 64.3 cm³/mol. The third-order valence-corrected chi connectivity index (χ3v) is 2.32. The normalized spacial score (nSPS) is 12.0. The molecule has 1 aromatic carbocycles. The Bertz CT molecular complexity index is 413. The number of hydrogen-bond donors (Lipinski definition) is 3. The molecular weight excluding hydrogens is 242 g/mol. The average molecular weight is 258 g/mol. The number of carbonyl (C=O) groups is 1. The van der Waals surface area contributed by atoms with Crippen molar-refractivity contribution in [2.24, 2.45) is 0 Å². The maximum Gasteiger partial charge on any atom is 0.319 e. The summed E-state index contributed by atoms with van der Waals surface area (Å²) in [4.78, 5) is 11.4. The quantitative estimate of drug-likeness (QED) is 0.758. The Kier molecular flexibility index (Phi) is 5.51. The van der Waals surface area contributed by atoms with E-state index in [1.807, 2.05) is 6.92 Å². The minimum atomic E-state index is -1.11. The molecule has 1 unspecified atom stereocenters. The molecular formula is C12H16F2N2O2. The number of nitrogens with one attached hydrogen (secondary N) is 2. The van der Waals surface area contributed by atoms with E-state index in [4.69, 9.17) is 0 Å². The predicted octanol–water partition coefficient (Wildman–Crippen LogP) is 2.25. The van der Waals surface area contributed by atoms with E-state index in [-0.39, 0.29) is 12.2 Å². The van der Waals surface area contributed by atoms with Gasteiger partial charge >= 0.3 is 6.03 Å². The van der Waals surface area contributed by atoms with Crippen molar-refractivity contribution in [3.05, 3.63) is 29.8 Å².